The summed E-state index contributed by atoms with van der Waals surface area (Å²) in [5, 5.41) is 11.3. The summed E-state index contributed by atoms with van der Waals surface area (Å²) >= 11 is 1.13. The van der Waals surface area contributed by atoms with Gasteiger partial charge in [-0.15, -0.1) is 11.3 Å². The van der Waals surface area contributed by atoms with Crippen LogP contribution in [0.1, 0.15) is 85.3 Å². The van der Waals surface area contributed by atoms with Crippen molar-refractivity contribution in [3.05, 3.63) is 82.3 Å². The number of ketones is 1. The van der Waals surface area contributed by atoms with Gasteiger partial charge in [-0.2, -0.15) is 18.2 Å². The minimum absolute atomic E-state index is 0.0440. The zero-order chi connectivity index (χ0) is 44.3. The number of carbonyl (C=O) groups excluding carboxylic acids is 3. The molecule has 1 saturated heterocycles. The Balaban J connectivity index is 1.07. The normalized spacial score (nSPS) is 25.2. The molecule has 14 nitrogen and oxygen atoms in total. The van der Waals surface area contributed by atoms with Gasteiger partial charge in [0.1, 0.15) is 17.2 Å². The molecule has 2 amide bonds. The fourth-order valence-corrected chi connectivity index (χ4v) is 11.0. The Kier molecular flexibility index (Phi) is 11.1. The summed E-state index contributed by atoms with van der Waals surface area (Å²) in [6.07, 6.45) is 2.55. The van der Waals surface area contributed by atoms with E-state index in [2.05, 4.69) is 19.7 Å². The third-order valence-electron chi connectivity index (χ3n) is 12.5. The number of carboxylic acid groups (broad SMARTS) is 1. The summed E-state index contributed by atoms with van der Waals surface area (Å²) in [5.74, 6) is -3.90. The van der Waals surface area contributed by atoms with Crippen LogP contribution in [-0.2, 0) is 37.0 Å². The lowest BCUT2D eigenvalue weighted by Gasteiger charge is -2.29. The van der Waals surface area contributed by atoms with Gasteiger partial charge in [-0.25, -0.2) is 23.2 Å². The van der Waals surface area contributed by atoms with Crippen molar-refractivity contribution in [2.24, 2.45) is 17.3 Å². The average molecular weight is 906 g/mol. The number of Topliss-reactive ketones (excluding diaryl/α,β-unsaturated/α-hetero) is 1. The summed E-state index contributed by atoms with van der Waals surface area (Å²) < 4.78 is 81.4. The molecule has 3 fully saturated rings. The van der Waals surface area contributed by atoms with Crippen molar-refractivity contribution >= 4 is 67.0 Å². The maximum absolute atomic E-state index is 14.9. The van der Waals surface area contributed by atoms with Crippen LogP contribution in [0.4, 0.5) is 13.2 Å². The molecule has 2 aliphatic heterocycles. The first-order chi connectivity index (χ1) is 30.1. The van der Waals surface area contributed by atoms with Gasteiger partial charge in [0.25, 0.3) is 5.88 Å². The van der Waals surface area contributed by atoms with Crippen molar-refractivity contribution < 1.29 is 55.0 Å². The van der Waals surface area contributed by atoms with E-state index in [4.69, 9.17) is 9.15 Å². The molecule has 5 aromatic rings. The second-order valence-corrected chi connectivity index (χ2v) is 19.8. The van der Waals surface area contributed by atoms with Crippen molar-refractivity contribution in [1.29, 1.82) is 0 Å². The van der Waals surface area contributed by atoms with Gasteiger partial charge < -0.3 is 19.2 Å². The zero-order valence-electron chi connectivity index (χ0n) is 33.7. The Bertz CT molecular complexity index is 2770. The van der Waals surface area contributed by atoms with E-state index in [1.807, 2.05) is 12.2 Å². The number of aromatic nitrogens is 3. The first-order valence-electron chi connectivity index (χ1n) is 20.9. The van der Waals surface area contributed by atoms with E-state index in [1.54, 1.807) is 24.3 Å². The molecule has 0 radical (unpaired) electrons. The molecule has 3 aromatic heterocycles. The number of nitrogens with one attached hydrogen (secondary N) is 1. The first-order valence-corrected chi connectivity index (χ1v) is 23.3. The molecule has 5 heterocycles. The third kappa shape index (κ3) is 8.68. The molecule has 2 saturated carbocycles. The molecule has 4 aliphatic rings. The molecule has 0 bridgehead atoms. The molecule has 63 heavy (non-hydrogen) atoms. The number of fused-ring (bicyclic) bond motifs is 5. The van der Waals surface area contributed by atoms with Crippen LogP contribution >= 0.6 is 11.3 Å². The van der Waals surface area contributed by atoms with Crippen molar-refractivity contribution in [3.8, 4) is 17.3 Å². The number of rotatable bonds is 9. The van der Waals surface area contributed by atoms with E-state index >= 15 is 0 Å². The quantitative estimate of drug-likeness (QED) is 0.138. The number of furan rings is 1. The lowest BCUT2D eigenvalue weighted by molar-refractivity contribution is -0.142. The van der Waals surface area contributed by atoms with Gasteiger partial charge in [0.2, 0.25) is 27.4 Å². The lowest BCUT2D eigenvalue weighted by Crippen LogP contribution is -2.46. The average Bonchev–Trinajstić information content (AvgIpc) is 4.07. The number of para-hydroxylation sites is 1. The summed E-state index contributed by atoms with van der Waals surface area (Å²) in [7, 11) is -3.93. The Morgan fingerprint density at radius 3 is 2.52 bits per heavy atom. The van der Waals surface area contributed by atoms with Gasteiger partial charge in [-0.1, -0.05) is 49.3 Å². The monoisotopic (exact) mass is 905 g/mol. The Morgan fingerprint density at radius 2 is 1.79 bits per heavy atom. The van der Waals surface area contributed by atoms with Crippen LogP contribution in [0, 0.1) is 17.3 Å². The van der Waals surface area contributed by atoms with E-state index < -0.39 is 74.1 Å². The van der Waals surface area contributed by atoms with Gasteiger partial charge in [0.15, 0.2) is 17.3 Å². The predicted molar refractivity (Wildman–Crippen MR) is 223 cm³/mol. The van der Waals surface area contributed by atoms with Gasteiger partial charge in [0, 0.05) is 41.5 Å². The maximum atomic E-state index is 14.9. The number of hydrogen-bond donors (Lipinski definition) is 2. The van der Waals surface area contributed by atoms with Crippen LogP contribution in [0.25, 0.3) is 33.5 Å². The minimum Gasteiger partial charge on any atom is -0.476 e. The number of carbonyl (C=O) groups is 4. The standard InChI is InChI=1S/C44H42F3N5O9S2/c45-44(46,47)26-14-12-24(13-15-26)38-49-36-30-10-6-7-11-34(30)61-37(36)39(50-38)60-28-19-32-33(53)21-43(42(57)51-63(58,59)29-16-17-29)20-27(43)9-5-3-1-2-4-8-25(40(54)52(32)22-28)18-35-48-31(23-62-35)41(55)56/h5-7,9-15,23,25,27-29,32H,1-4,8,16-22H2,(H,51,57)(H,55,56)/b9-5-/t25-,27-,28-,32+,43-/m1/s1. The number of amides is 2. The predicted octanol–water partition coefficient (Wildman–Crippen LogP) is 7.52. The van der Waals surface area contributed by atoms with Crippen LogP contribution in [-0.4, -0.2) is 80.9 Å². The molecule has 2 aromatic carbocycles. The van der Waals surface area contributed by atoms with Gasteiger partial charge >= 0.3 is 12.1 Å². The van der Waals surface area contributed by atoms with Crippen molar-refractivity contribution in [3.63, 3.8) is 0 Å². The van der Waals surface area contributed by atoms with Crippen LogP contribution in [0.5, 0.6) is 5.88 Å². The van der Waals surface area contributed by atoms with Crippen molar-refractivity contribution in [2.75, 3.05) is 6.54 Å². The minimum atomic E-state index is -4.57. The lowest BCUT2D eigenvalue weighted by atomic mass is 9.90. The number of thiazole rings is 1. The van der Waals surface area contributed by atoms with Gasteiger partial charge in [-0.3, -0.25) is 19.1 Å². The summed E-state index contributed by atoms with van der Waals surface area (Å²) in [6.45, 7) is -0.107. The Morgan fingerprint density at radius 1 is 1.02 bits per heavy atom. The molecule has 9 rings (SSSR count). The van der Waals surface area contributed by atoms with Crippen molar-refractivity contribution in [2.45, 2.75) is 94.2 Å². The number of sulfonamides is 1. The number of alkyl halides is 3. The van der Waals surface area contributed by atoms with E-state index in [0.29, 0.717) is 53.6 Å². The first kappa shape index (κ1) is 42.6. The summed E-state index contributed by atoms with van der Waals surface area (Å²) in [4.78, 5) is 70.2. The van der Waals surface area contributed by atoms with E-state index in [-0.39, 0.29) is 66.7 Å². The fourth-order valence-electron chi connectivity index (χ4n) is 8.78. The SMILES string of the molecule is O=C(O)c1csc(C[C@H]2CCCCC/C=C\[C@@H]3C[C@@]3(C(=O)NS(=O)(=O)C3CC3)CC(=O)[C@@H]3C[C@@H](Oc4nc(-c5ccc(C(F)(F)F)cc5)nc5c4oc4ccccc45)CN3C2=O)n1. The topological polar surface area (TPSA) is 199 Å². The highest BCUT2D eigenvalue weighted by molar-refractivity contribution is 7.90. The third-order valence-corrected chi connectivity index (χ3v) is 15.2. The van der Waals surface area contributed by atoms with Crippen LogP contribution in [0.2, 0.25) is 0 Å². The maximum Gasteiger partial charge on any atom is 0.416 e. The van der Waals surface area contributed by atoms with Crippen LogP contribution in [0.3, 0.4) is 0 Å². The van der Waals surface area contributed by atoms with E-state index in [0.717, 1.165) is 36.3 Å². The Hall–Kier alpha value is -5.69. The molecule has 2 aliphatic carbocycles. The highest BCUT2D eigenvalue weighted by atomic mass is 32.2. The number of halogens is 3. The smallest absolute Gasteiger partial charge is 0.416 e. The number of benzene rings is 2. The molecule has 2 N–H and O–H groups in total. The number of nitrogens with zero attached hydrogens (tertiary/aromatic N) is 4. The number of allylic oxidation sites excluding steroid dienone is 2. The molecular formula is C44H42F3N5O9S2. The molecule has 330 valence electrons. The Labute approximate surface area is 363 Å². The zero-order valence-corrected chi connectivity index (χ0v) is 35.3. The highest BCUT2D eigenvalue weighted by Crippen LogP contribution is 2.57. The van der Waals surface area contributed by atoms with Crippen LogP contribution in [0.15, 0.2) is 70.5 Å². The second kappa shape index (κ2) is 16.5. The highest BCUT2D eigenvalue weighted by Gasteiger charge is 2.61. The van der Waals surface area contributed by atoms with Gasteiger partial charge in [-0.05, 0) is 68.7 Å². The summed E-state index contributed by atoms with van der Waals surface area (Å²) in [5.41, 5.74) is -1.16. The summed E-state index contributed by atoms with van der Waals surface area (Å²) in [6, 6.07) is 10.3. The largest absolute Gasteiger partial charge is 0.476 e. The molecule has 0 spiro atoms. The van der Waals surface area contributed by atoms with Crippen molar-refractivity contribution in [1.82, 2.24) is 24.6 Å². The molecule has 19 heteroatoms. The molecule has 0 unspecified atom stereocenters. The number of hydrogen-bond acceptors (Lipinski definition) is 12. The fraction of sp³-hybridized carbons (Fsp3) is 0.432. The molecule has 5 atom stereocenters. The van der Waals surface area contributed by atoms with E-state index in [9.17, 15) is 45.9 Å². The second-order valence-electron chi connectivity index (χ2n) is 16.9. The molecular weight excluding hydrogens is 864 g/mol. The van der Waals surface area contributed by atoms with Gasteiger partial charge in [0.05, 0.1) is 33.8 Å². The van der Waals surface area contributed by atoms with E-state index in [1.165, 1.54) is 22.4 Å². The van der Waals surface area contributed by atoms with Crippen LogP contribution < -0.4 is 9.46 Å². The number of carboxylic acids is 1. The number of ether oxygens (including phenoxy) is 1. The number of aromatic carboxylic acids is 1.